The number of rotatable bonds is 1. The highest BCUT2D eigenvalue weighted by atomic mass is 79.9. The first kappa shape index (κ1) is 16.7. The van der Waals surface area contributed by atoms with Crippen LogP contribution in [0.4, 0.5) is 0 Å². The minimum Gasteiger partial charge on any atom is -0.392 e. The maximum absolute atomic E-state index is 8.61. The van der Waals surface area contributed by atoms with E-state index >= 15 is 0 Å². The number of benzene rings is 1. The van der Waals surface area contributed by atoms with Crippen LogP contribution in [0.5, 0.6) is 0 Å². The maximum atomic E-state index is 8.61. The molecule has 14 heavy (non-hydrogen) atoms. The standard InChI is InChI=1S/C7H7BrO.C2H6.CH2Cl2/c8-7-3-1-6(5-9)2-4-7;1-2;2-1-3/h1-4,9H,5H2;1-2H3;1H2. The third-order valence-corrected chi connectivity index (χ3v) is 1.62. The van der Waals surface area contributed by atoms with Crippen LogP contribution in [0.3, 0.4) is 0 Å². The van der Waals surface area contributed by atoms with Crippen LogP contribution in [0.2, 0.25) is 0 Å². The monoisotopic (exact) mass is 300 g/mol. The van der Waals surface area contributed by atoms with Gasteiger partial charge in [0.05, 0.1) is 11.9 Å². The Hall–Kier alpha value is 0.240. The van der Waals surface area contributed by atoms with Gasteiger partial charge >= 0.3 is 0 Å². The molecule has 0 spiro atoms. The van der Waals surface area contributed by atoms with Gasteiger partial charge in [-0.3, -0.25) is 0 Å². The van der Waals surface area contributed by atoms with Gasteiger partial charge < -0.3 is 5.11 Å². The molecule has 0 aromatic heterocycles. The predicted octanol–water partition coefficient (Wildman–Crippen LogP) is 4.39. The number of aliphatic hydroxyl groups excluding tert-OH is 1. The Bertz CT molecular complexity index is 202. The van der Waals surface area contributed by atoms with E-state index in [0.29, 0.717) is 0 Å². The van der Waals surface area contributed by atoms with Crippen LogP contribution >= 0.6 is 39.1 Å². The van der Waals surface area contributed by atoms with E-state index in [1.807, 2.05) is 38.1 Å². The molecule has 0 saturated carbocycles. The van der Waals surface area contributed by atoms with Crippen molar-refractivity contribution in [3.8, 4) is 0 Å². The molecule has 0 aliphatic rings. The average Bonchev–Trinajstić information content (AvgIpc) is 2.23. The van der Waals surface area contributed by atoms with Gasteiger partial charge in [0.25, 0.3) is 0 Å². The summed E-state index contributed by atoms with van der Waals surface area (Å²) in [5, 5.41) is 8.81. The number of halogens is 3. The van der Waals surface area contributed by atoms with Crippen LogP contribution in [0.25, 0.3) is 0 Å². The Kier molecular flexibility index (Phi) is 15.8. The molecule has 0 unspecified atom stereocenters. The Morgan fingerprint density at radius 2 is 1.50 bits per heavy atom. The zero-order valence-electron chi connectivity index (χ0n) is 8.30. The highest BCUT2D eigenvalue weighted by Crippen LogP contribution is 2.09. The molecule has 1 N–H and O–H groups in total. The van der Waals surface area contributed by atoms with E-state index in [9.17, 15) is 0 Å². The fourth-order valence-electron chi connectivity index (χ4n) is 0.590. The van der Waals surface area contributed by atoms with Crippen LogP contribution in [0.15, 0.2) is 28.7 Å². The minimum absolute atomic E-state index is 0.118. The fourth-order valence-corrected chi connectivity index (χ4v) is 0.854. The quantitative estimate of drug-likeness (QED) is 0.763. The van der Waals surface area contributed by atoms with E-state index in [1.165, 1.54) is 0 Å². The highest BCUT2D eigenvalue weighted by Gasteiger charge is 1.86. The normalized spacial score (nSPS) is 7.86. The average molecular weight is 302 g/mol. The molecule has 1 nitrogen and oxygen atoms in total. The summed E-state index contributed by atoms with van der Waals surface area (Å²) in [6, 6.07) is 7.57. The molecule has 0 amide bonds. The van der Waals surface area contributed by atoms with Crippen LogP contribution in [0, 0.1) is 0 Å². The van der Waals surface area contributed by atoms with Crippen molar-refractivity contribution >= 4 is 39.1 Å². The van der Waals surface area contributed by atoms with Crippen molar-refractivity contribution in [3.63, 3.8) is 0 Å². The van der Waals surface area contributed by atoms with Crippen molar-refractivity contribution in [1.82, 2.24) is 0 Å². The summed E-state index contributed by atoms with van der Waals surface area (Å²) in [6.07, 6.45) is 0. The Labute approximate surface area is 104 Å². The van der Waals surface area contributed by atoms with Crippen LogP contribution in [0.1, 0.15) is 19.4 Å². The second-order valence-corrected chi connectivity index (χ2v) is 3.61. The first-order valence-electron chi connectivity index (χ1n) is 4.21. The van der Waals surface area contributed by atoms with Crippen LogP contribution in [-0.4, -0.2) is 10.4 Å². The second-order valence-electron chi connectivity index (χ2n) is 1.89. The van der Waals surface area contributed by atoms with Gasteiger partial charge in [-0.2, -0.15) is 0 Å². The lowest BCUT2D eigenvalue weighted by molar-refractivity contribution is 0.282. The lowest BCUT2D eigenvalue weighted by Crippen LogP contribution is -1.79. The summed E-state index contributed by atoms with van der Waals surface area (Å²) in [6.45, 7) is 4.12. The molecule has 0 heterocycles. The number of alkyl halides is 2. The summed E-state index contributed by atoms with van der Waals surface area (Å²) < 4.78 is 1.04. The molecule has 82 valence electrons. The zero-order chi connectivity index (χ0) is 11.4. The van der Waals surface area contributed by atoms with Gasteiger partial charge in [0, 0.05) is 4.47 Å². The fraction of sp³-hybridized carbons (Fsp3) is 0.400. The summed E-state index contributed by atoms with van der Waals surface area (Å²) in [7, 11) is 0. The topological polar surface area (TPSA) is 20.2 Å². The van der Waals surface area contributed by atoms with Gasteiger partial charge in [0.1, 0.15) is 0 Å². The summed E-state index contributed by atoms with van der Waals surface area (Å²) in [5.41, 5.74) is 0.943. The smallest absolute Gasteiger partial charge is 0.0967 e. The van der Waals surface area contributed by atoms with Gasteiger partial charge in [-0.25, -0.2) is 0 Å². The molecule has 0 aliphatic heterocycles. The van der Waals surface area contributed by atoms with E-state index in [-0.39, 0.29) is 11.9 Å². The Balaban J connectivity index is 0. The van der Waals surface area contributed by atoms with E-state index in [2.05, 4.69) is 15.9 Å². The van der Waals surface area contributed by atoms with Gasteiger partial charge in [0.2, 0.25) is 0 Å². The highest BCUT2D eigenvalue weighted by molar-refractivity contribution is 9.10. The first-order chi connectivity index (χ1) is 6.74. The SMILES string of the molecule is CC.ClCCl.OCc1ccc(Br)cc1. The maximum Gasteiger partial charge on any atom is 0.0967 e. The third-order valence-electron chi connectivity index (χ3n) is 1.10. The lowest BCUT2D eigenvalue weighted by atomic mass is 10.2. The van der Waals surface area contributed by atoms with Gasteiger partial charge in [-0.1, -0.05) is 41.9 Å². The largest absolute Gasteiger partial charge is 0.392 e. The van der Waals surface area contributed by atoms with Crippen molar-refractivity contribution < 1.29 is 5.11 Å². The van der Waals surface area contributed by atoms with E-state index in [0.717, 1.165) is 10.0 Å². The minimum atomic E-state index is 0.118. The van der Waals surface area contributed by atoms with Crippen LogP contribution in [-0.2, 0) is 6.61 Å². The molecule has 4 heteroatoms. The van der Waals surface area contributed by atoms with Crippen molar-refractivity contribution in [2.24, 2.45) is 0 Å². The molecule has 0 radical (unpaired) electrons. The molecule has 0 aliphatic carbocycles. The summed E-state index contributed by atoms with van der Waals surface area (Å²) >= 11 is 12.8. The number of aliphatic hydroxyl groups is 1. The number of hydrogen-bond donors (Lipinski definition) is 1. The second kappa shape index (κ2) is 13.2. The molecule has 1 rings (SSSR count). The zero-order valence-corrected chi connectivity index (χ0v) is 11.4. The van der Waals surface area contributed by atoms with Crippen LogP contribution < -0.4 is 0 Å². The Morgan fingerprint density at radius 1 is 1.14 bits per heavy atom. The van der Waals surface area contributed by atoms with E-state index in [4.69, 9.17) is 28.3 Å². The molecular weight excluding hydrogens is 287 g/mol. The summed E-state index contributed by atoms with van der Waals surface area (Å²) in [4.78, 5) is 0. The molecule has 0 bridgehead atoms. The van der Waals surface area contributed by atoms with E-state index < -0.39 is 0 Å². The number of hydrogen-bond acceptors (Lipinski definition) is 1. The summed E-state index contributed by atoms with van der Waals surface area (Å²) in [5.74, 6) is 0. The van der Waals surface area contributed by atoms with Crippen molar-refractivity contribution in [2.45, 2.75) is 20.5 Å². The molecular formula is C10H15BrCl2O. The third kappa shape index (κ3) is 10.3. The Morgan fingerprint density at radius 3 is 1.79 bits per heavy atom. The van der Waals surface area contributed by atoms with Crippen molar-refractivity contribution in [3.05, 3.63) is 34.3 Å². The molecule has 1 aromatic rings. The van der Waals surface area contributed by atoms with Crippen molar-refractivity contribution in [2.75, 3.05) is 5.34 Å². The predicted molar refractivity (Wildman–Crippen MR) is 68.0 cm³/mol. The van der Waals surface area contributed by atoms with Crippen molar-refractivity contribution in [1.29, 1.82) is 0 Å². The van der Waals surface area contributed by atoms with Gasteiger partial charge in [0.15, 0.2) is 0 Å². The van der Waals surface area contributed by atoms with Gasteiger partial charge in [-0.05, 0) is 17.7 Å². The molecule has 0 fully saturated rings. The van der Waals surface area contributed by atoms with E-state index in [1.54, 1.807) is 0 Å². The first-order valence-corrected chi connectivity index (χ1v) is 6.08. The molecule has 0 atom stereocenters. The lowest BCUT2D eigenvalue weighted by Gasteiger charge is -1.92. The molecule has 1 aromatic carbocycles. The molecule has 0 saturated heterocycles. The van der Waals surface area contributed by atoms with Gasteiger partial charge in [-0.15, -0.1) is 23.2 Å².